The van der Waals surface area contributed by atoms with Gasteiger partial charge in [0.25, 0.3) is 0 Å². The Morgan fingerprint density at radius 3 is 2.77 bits per heavy atom. The standard InChI is InChI=1S/C18H26ClN3/c1-5-21-18(3,4)12(2)14-10-16(22-17(19)11-14)13-7-6-8-15(20)9-13/h6-12,16,21-22H,5,20H2,1-4H3. The predicted octanol–water partition coefficient (Wildman–Crippen LogP) is 3.94. The van der Waals surface area contributed by atoms with Crippen LogP contribution in [0, 0.1) is 5.92 Å². The molecule has 0 aliphatic carbocycles. The smallest absolute Gasteiger partial charge is 0.103 e. The average Bonchev–Trinajstić information content (AvgIpc) is 2.45. The van der Waals surface area contributed by atoms with Crippen LogP contribution in [0.3, 0.4) is 0 Å². The van der Waals surface area contributed by atoms with E-state index in [1.54, 1.807) is 0 Å². The van der Waals surface area contributed by atoms with E-state index in [4.69, 9.17) is 17.3 Å². The van der Waals surface area contributed by atoms with Crippen LogP contribution in [0.2, 0.25) is 0 Å². The molecule has 0 fully saturated rings. The lowest BCUT2D eigenvalue weighted by molar-refractivity contribution is 0.310. The summed E-state index contributed by atoms with van der Waals surface area (Å²) < 4.78 is 0. The molecule has 1 aliphatic heterocycles. The van der Waals surface area contributed by atoms with Crippen molar-refractivity contribution in [2.75, 3.05) is 12.3 Å². The third kappa shape index (κ3) is 3.84. The van der Waals surface area contributed by atoms with Crippen molar-refractivity contribution in [3.8, 4) is 0 Å². The van der Waals surface area contributed by atoms with Crippen molar-refractivity contribution in [3.63, 3.8) is 0 Å². The van der Waals surface area contributed by atoms with E-state index in [1.165, 1.54) is 5.57 Å². The van der Waals surface area contributed by atoms with Gasteiger partial charge in [-0.05, 0) is 55.7 Å². The van der Waals surface area contributed by atoms with E-state index >= 15 is 0 Å². The molecule has 4 N–H and O–H groups in total. The summed E-state index contributed by atoms with van der Waals surface area (Å²) in [5, 5.41) is 7.52. The van der Waals surface area contributed by atoms with Gasteiger partial charge in [0.1, 0.15) is 5.16 Å². The molecule has 4 heteroatoms. The topological polar surface area (TPSA) is 50.1 Å². The fourth-order valence-corrected chi connectivity index (χ4v) is 3.09. The number of rotatable bonds is 5. The molecule has 2 unspecified atom stereocenters. The molecule has 1 aliphatic rings. The van der Waals surface area contributed by atoms with Crippen molar-refractivity contribution in [1.82, 2.24) is 10.6 Å². The first-order valence-corrected chi connectivity index (χ1v) is 8.17. The maximum atomic E-state index is 6.32. The van der Waals surface area contributed by atoms with Crippen molar-refractivity contribution < 1.29 is 0 Å². The fourth-order valence-electron chi connectivity index (χ4n) is 2.85. The molecule has 0 saturated heterocycles. The summed E-state index contributed by atoms with van der Waals surface area (Å²) in [7, 11) is 0. The molecule has 0 aromatic heterocycles. The highest BCUT2D eigenvalue weighted by molar-refractivity contribution is 6.29. The Morgan fingerprint density at radius 1 is 1.41 bits per heavy atom. The Morgan fingerprint density at radius 2 is 2.14 bits per heavy atom. The number of halogens is 1. The zero-order valence-electron chi connectivity index (χ0n) is 13.8. The quantitative estimate of drug-likeness (QED) is 0.569. The second kappa shape index (κ2) is 6.76. The maximum Gasteiger partial charge on any atom is 0.103 e. The van der Waals surface area contributed by atoms with Crippen molar-refractivity contribution in [2.45, 2.75) is 39.3 Å². The molecule has 2 rings (SSSR count). The first kappa shape index (κ1) is 16.9. The van der Waals surface area contributed by atoms with Crippen molar-refractivity contribution >= 4 is 17.3 Å². The first-order chi connectivity index (χ1) is 10.3. The minimum absolute atomic E-state index is 0.00581. The van der Waals surface area contributed by atoms with Crippen molar-refractivity contribution in [1.29, 1.82) is 0 Å². The molecule has 0 bridgehead atoms. The minimum Gasteiger partial charge on any atom is -0.399 e. The number of anilines is 1. The van der Waals surface area contributed by atoms with Gasteiger partial charge in [-0.3, -0.25) is 0 Å². The Balaban J connectivity index is 2.30. The molecular weight excluding hydrogens is 294 g/mol. The summed E-state index contributed by atoms with van der Waals surface area (Å²) in [4.78, 5) is 0. The molecule has 0 saturated carbocycles. The van der Waals surface area contributed by atoms with Crippen molar-refractivity contribution in [3.05, 3.63) is 52.7 Å². The third-order valence-electron chi connectivity index (χ3n) is 4.43. The van der Waals surface area contributed by atoms with E-state index in [-0.39, 0.29) is 11.6 Å². The molecule has 1 heterocycles. The molecule has 1 aromatic rings. The number of benzene rings is 1. The van der Waals surface area contributed by atoms with Crippen LogP contribution in [0.1, 0.15) is 39.3 Å². The molecule has 0 spiro atoms. The Bertz CT molecular complexity index is 590. The highest BCUT2D eigenvalue weighted by atomic mass is 35.5. The highest BCUT2D eigenvalue weighted by Gasteiger charge is 2.29. The van der Waals surface area contributed by atoms with Gasteiger partial charge >= 0.3 is 0 Å². The van der Waals surface area contributed by atoms with Gasteiger partial charge < -0.3 is 16.4 Å². The summed E-state index contributed by atoms with van der Waals surface area (Å²) in [5.74, 6) is 0.340. The number of hydrogen-bond donors (Lipinski definition) is 3. The summed E-state index contributed by atoms with van der Waals surface area (Å²) in [6.45, 7) is 9.75. The summed E-state index contributed by atoms with van der Waals surface area (Å²) in [6.07, 6.45) is 4.26. The van der Waals surface area contributed by atoms with E-state index in [0.29, 0.717) is 11.1 Å². The lowest BCUT2D eigenvalue weighted by Gasteiger charge is -2.36. The third-order valence-corrected chi connectivity index (χ3v) is 4.65. The van der Waals surface area contributed by atoms with E-state index in [9.17, 15) is 0 Å². The van der Waals surface area contributed by atoms with Crippen LogP contribution < -0.4 is 16.4 Å². The Hall–Kier alpha value is -1.45. The van der Waals surface area contributed by atoms with Crippen molar-refractivity contribution in [2.24, 2.45) is 5.92 Å². The molecule has 22 heavy (non-hydrogen) atoms. The first-order valence-electron chi connectivity index (χ1n) is 7.79. The van der Waals surface area contributed by atoms with E-state index in [2.05, 4.69) is 50.5 Å². The Kier molecular flexibility index (Phi) is 5.20. The molecule has 0 amide bonds. The van der Waals surface area contributed by atoms with Crippen LogP contribution in [0.15, 0.2) is 47.1 Å². The number of nitrogens with two attached hydrogens (primary N) is 1. The molecular formula is C18H26ClN3. The second-order valence-electron chi connectivity index (χ2n) is 6.42. The Labute approximate surface area is 138 Å². The van der Waals surface area contributed by atoms with Gasteiger partial charge in [0.15, 0.2) is 0 Å². The van der Waals surface area contributed by atoms with Gasteiger partial charge in [-0.15, -0.1) is 0 Å². The van der Waals surface area contributed by atoms with E-state index in [0.717, 1.165) is 17.8 Å². The maximum absolute atomic E-state index is 6.32. The zero-order valence-corrected chi connectivity index (χ0v) is 14.5. The van der Waals surface area contributed by atoms with Gasteiger partial charge in [-0.25, -0.2) is 0 Å². The zero-order chi connectivity index (χ0) is 16.3. The largest absolute Gasteiger partial charge is 0.399 e. The minimum atomic E-state index is 0.00581. The van der Waals surface area contributed by atoms with Gasteiger partial charge in [0.2, 0.25) is 0 Å². The lowest BCUT2D eigenvalue weighted by Crippen LogP contribution is -2.45. The lowest BCUT2D eigenvalue weighted by atomic mass is 9.81. The van der Waals surface area contributed by atoms with E-state index in [1.807, 2.05) is 24.3 Å². The normalized spacial score (nSPS) is 20.0. The van der Waals surface area contributed by atoms with Gasteiger partial charge in [0, 0.05) is 11.2 Å². The number of nitrogen functional groups attached to an aromatic ring is 1. The van der Waals surface area contributed by atoms with E-state index < -0.39 is 0 Å². The van der Waals surface area contributed by atoms with Crippen LogP contribution in [0.25, 0.3) is 0 Å². The average molecular weight is 320 g/mol. The molecule has 0 radical (unpaired) electrons. The molecule has 1 aromatic carbocycles. The number of dihydropyridines is 1. The number of allylic oxidation sites excluding steroid dienone is 1. The van der Waals surface area contributed by atoms with Crippen LogP contribution in [0.5, 0.6) is 0 Å². The van der Waals surface area contributed by atoms with Gasteiger partial charge in [-0.2, -0.15) is 0 Å². The predicted molar refractivity (Wildman–Crippen MR) is 95.7 cm³/mol. The SMILES string of the molecule is CCNC(C)(C)C(C)C1=CC(c2cccc(N)c2)NC(Cl)=C1. The van der Waals surface area contributed by atoms with Crippen LogP contribution >= 0.6 is 11.6 Å². The number of hydrogen-bond acceptors (Lipinski definition) is 3. The monoisotopic (exact) mass is 319 g/mol. The second-order valence-corrected chi connectivity index (χ2v) is 6.83. The highest BCUT2D eigenvalue weighted by Crippen LogP contribution is 2.32. The van der Waals surface area contributed by atoms with Crippen LogP contribution in [-0.4, -0.2) is 12.1 Å². The van der Waals surface area contributed by atoms with Gasteiger partial charge in [-0.1, -0.05) is 43.7 Å². The summed E-state index contributed by atoms with van der Waals surface area (Å²) in [6, 6.07) is 7.97. The van der Waals surface area contributed by atoms with Gasteiger partial charge in [0.05, 0.1) is 6.04 Å². The molecule has 3 nitrogen and oxygen atoms in total. The summed E-state index contributed by atoms with van der Waals surface area (Å²) in [5.41, 5.74) is 9.03. The number of nitrogens with one attached hydrogen (secondary N) is 2. The van der Waals surface area contributed by atoms with Crippen LogP contribution in [0.4, 0.5) is 5.69 Å². The fraction of sp³-hybridized carbons (Fsp3) is 0.444. The van der Waals surface area contributed by atoms with Crippen LogP contribution in [-0.2, 0) is 0 Å². The summed E-state index contributed by atoms with van der Waals surface area (Å²) >= 11 is 6.32. The molecule has 2 atom stereocenters. The molecule has 120 valence electrons.